The summed E-state index contributed by atoms with van der Waals surface area (Å²) < 4.78 is 0. The zero-order chi connectivity index (χ0) is 28.1. The number of aromatic nitrogens is 1. The largest absolute Gasteiger partial charge is 0.375 e. The number of pyridine rings is 1. The lowest BCUT2D eigenvalue weighted by molar-refractivity contribution is 0.359. The normalized spacial score (nSPS) is 20.6. The molecular formula is C39H38N2. The van der Waals surface area contributed by atoms with E-state index in [0.717, 1.165) is 11.4 Å². The predicted octanol–water partition coefficient (Wildman–Crippen LogP) is 9.88. The maximum Gasteiger partial charge on any atom is 0.0938 e. The lowest BCUT2D eigenvalue weighted by Crippen LogP contribution is -2.34. The van der Waals surface area contributed by atoms with Crippen molar-refractivity contribution in [3.8, 4) is 11.3 Å². The van der Waals surface area contributed by atoms with Gasteiger partial charge in [0.1, 0.15) is 0 Å². The van der Waals surface area contributed by atoms with E-state index in [1.165, 1.54) is 50.4 Å². The summed E-state index contributed by atoms with van der Waals surface area (Å²) in [5.74, 6) is 1.63. The van der Waals surface area contributed by atoms with Crippen LogP contribution >= 0.6 is 0 Å². The molecule has 0 amide bonds. The first-order valence-electron chi connectivity index (χ1n) is 15.1. The number of rotatable bonds is 7. The molecular weight excluding hydrogens is 496 g/mol. The number of fused-ring (bicyclic) bond motifs is 3. The Bertz CT molecular complexity index is 1760. The van der Waals surface area contributed by atoms with Crippen LogP contribution in [-0.2, 0) is 0 Å². The van der Waals surface area contributed by atoms with Crippen LogP contribution in [0.3, 0.4) is 0 Å². The fourth-order valence-electron chi connectivity index (χ4n) is 7.21. The molecule has 1 saturated carbocycles. The van der Waals surface area contributed by atoms with E-state index in [9.17, 15) is 0 Å². The van der Waals surface area contributed by atoms with Crippen LogP contribution in [0, 0.1) is 23.2 Å². The van der Waals surface area contributed by atoms with E-state index >= 15 is 0 Å². The van der Waals surface area contributed by atoms with Gasteiger partial charge >= 0.3 is 0 Å². The van der Waals surface area contributed by atoms with Crippen molar-refractivity contribution in [2.45, 2.75) is 40.2 Å². The number of hydrogen-bond donors (Lipinski definition) is 1. The van der Waals surface area contributed by atoms with Crippen LogP contribution < -0.4 is 5.32 Å². The number of hydrogen-bond acceptors (Lipinski definition) is 2. The van der Waals surface area contributed by atoms with Crippen LogP contribution in [0.15, 0.2) is 127 Å². The maximum atomic E-state index is 5.46. The van der Waals surface area contributed by atoms with E-state index in [-0.39, 0.29) is 11.5 Å². The second-order valence-corrected chi connectivity index (χ2v) is 12.5. The van der Waals surface area contributed by atoms with Crippen molar-refractivity contribution in [1.29, 1.82) is 0 Å². The first-order chi connectivity index (χ1) is 20.0. The molecule has 3 unspecified atom stereocenters. The number of allylic oxidation sites excluding steroid dienone is 4. The molecule has 0 spiro atoms. The molecule has 1 heterocycles. The van der Waals surface area contributed by atoms with Crippen molar-refractivity contribution in [2.75, 3.05) is 0 Å². The molecule has 5 aromatic rings. The van der Waals surface area contributed by atoms with Crippen molar-refractivity contribution in [2.24, 2.45) is 23.2 Å². The van der Waals surface area contributed by atoms with Gasteiger partial charge in [0, 0.05) is 16.7 Å². The minimum atomic E-state index is -0.0514. The van der Waals surface area contributed by atoms with E-state index in [4.69, 9.17) is 4.98 Å². The minimum Gasteiger partial charge on any atom is -0.375 e. The van der Waals surface area contributed by atoms with Crippen LogP contribution in [0.5, 0.6) is 0 Å². The average Bonchev–Trinajstić information content (AvgIpc) is 3.76. The van der Waals surface area contributed by atoms with Gasteiger partial charge < -0.3 is 5.32 Å². The molecule has 1 N–H and O–H groups in total. The quantitative estimate of drug-likeness (QED) is 0.210. The molecule has 0 radical (unpaired) electrons. The molecule has 3 atom stereocenters. The van der Waals surface area contributed by atoms with Crippen molar-refractivity contribution >= 4 is 21.5 Å². The molecule has 41 heavy (non-hydrogen) atoms. The Labute approximate surface area is 243 Å². The van der Waals surface area contributed by atoms with Gasteiger partial charge in [-0.2, -0.15) is 0 Å². The van der Waals surface area contributed by atoms with Crippen LogP contribution in [0.25, 0.3) is 32.8 Å². The predicted molar refractivity (Wildman–Crippen MR) is 172 cm³/mol. The Morgan fingerprint density at radius 3 is 2.07 bits per heavy atom. The highest BCUT2D eigenvalue weighted by molar-refractivity contribution is 6.12. The fraction of sp³-hybridized carbons (Fsp3) is 0.256. The Morgan fingerprint density at radius 2 is 1.41 bits per heavy atom. The number of benzene rings is 4. The molecule has 2 aliphatic carbocycles. The molecule has 2 heteroatoms. The van der Waals surface area contributed by atoms with Crippen LogP contribution in [-0.4, -0.2) is 4.98 Å². The molecule has 204 valence electrons. The molecule has 0 bridgehead atoms. The summed E-state index contributed by atoms with van der Waals surface area (Å²) in [5.41, 5.74) is 7.55. The van der Waals surface area contributed by atoms with Gasteiger partial charge in [0.25, 0.3) is 0 Å². The smallest absolute Gasteiger partial charge is 0.0938 e. The summed E-state index contributed by atoms with van der Waals surface area (Å²) in [6.45, 7) is 9.42. The standard InChI is InChI=1S/C39H38N2/c1-25(2)31-22-21-30-24-39(30,26(3)4)38(31)41-37(27-13-6-5-7-14-27)35-20-12-19-34(40-35)36-32-17-10-8-15-28(32)23-29-16-9-11-18-33(29)36/h5-23,25-26,30,37,41H,24H2,1-4H3. The van der Waals surface area contributed by atoms with Crippen molar-refractivity contribution in [3.63, 3.8) is 0 Å². The molecule has 0 saturated heterocycles. The number of nitrogens with zero attached hydrogens (tertiary/aromatic N) is 1. The summed E-state index contributed by atoms with van der Waals surface area (Å²) in [6.07, 6.45) is 6.07. The SMILES string of the molecule is CC(C)C1=C(NC(c2ccccc2)c2cccc(-c3c4ccccc4cc4ccccc34)n2)C2(C(C)C)CC2C=C1. The van der Waals surface area contributed by atoms with Crippen LogP contribution in [0.2, 0.25) is 0 Å². The molecule has 1 aromatic heterocycles. The number of nitrogens with one attached hydrogen (secondary N) is 1. The van der Waals surface area contributed by atoms with Gasteiger partial charge in [-0.05, 0) is 75.1 Å². The second-order valence-electron chi connectivity index (χ2n) is 12.5. The third-order valence-electron chi connectivity index (χ3n) is 9.49. The Hall–Kier alpha value is -4.17. The van der Waals surface area contributed by atoms with Gasteiger partial charge in [-0.15, -0.1) is 0 Å². The average molecular weight is 535 g/mol. The van der Waals surface area contributed by atoms with Gasteiger partial charge in [0.05, 0.1) is 17.4 Å². The molecule has 2 aliphatic rings. The van der Waals surface area contributed by atoms with Gasteiger partial charge in [-0.1, -0.05) is 125 Å². The molecule has 7 rings (SSSR count). The van der Waals surface area contributed by atoms with Crippen LogP contribution in [0.1, 0.15) is 51.4 Å². The van der Waals surface area contributed by atoms with Gasteiger partial charge in [0.2, 0.25) is 0 Å². The zero-order valence-electron chi connectivity index (χ0n) is 24.4. The molecule has 1 fully saturated rings. The summed E-state index contributed by atoms with van der Waals surface area (Å²) >= 11 is 0. The van der Waals surface area contributed by atoms with E-state index < -0.39 is 0 Å². The summed E-state index contributed by atoms with van der Waals surface area (Å²) in [5, 5.41) is 9.11. The topological polar surface area (TPSA) is 24.9 Å². The van der Waals surface area contributed by atoms with Gasteiger partial charge in [-0.3, -0.25) is 4.98 Å². The molecule has 4 aromatic carbocycles. The third-order valence-corrected chi connectivity index (χ3v) is 9.49. The van der Waals surface area contributed by atoms with Gasteiger partial charge in [0.15, 0.2) is 0 Å². The van der Waals surface area contributed by atoms with Crippen molar-refractivity contribution < 1.29 is 0 Å². The van der Waals surface area contributed by atoms with E-state index in [0.29, 0.717) is 17.8 Å². The Kier molecular flexibility index (Phi) is 6.31. The first-order valence-corrected chi connectivity index (χ1v) is 15.1. The highest BCUT2D eigenvalue weighted by Crippen LogP contribution is 2.65. The molecule has 2 nitrogen and oxygen atoms in total. The summed E-state index contributed by atoms with van der Waals surface area (Å²) in [6, 6.07) is 37.0. The monoisotopic (exact) mass is 534 g/mol. The second kappa shape index (κ2) is 10.0. The molecule has 0 aliphatic heterocycles. The maximum absolute atomic E-state index is 5.46. The summed E-state index contributed by atoms with van der Waals surface area (Å²) in [4.78, 5) is 5.46. The van der Waals surface area contributed by atoms with Crippen molar-refractivity contribution in [3.05, 3.63) is 138 Å². The summed E-state index contributed by atoms with van der Waals surface area (Å²) in [7, 11) is 0. The lowest BCUT2D eigenvalue weighted by atomic mass is 9.78. The van der Waals surface area contributed by atoms with E-state index in [2.05, 4.69) is 148 Å². The van der Waals surface area contributed by atoms with E-state index in [1.807, 2.05) is 0 Å². The van der Waals surface area contributed by atoms with Crippen LogP contribution in [0.4, 0.5) is 0 Å². The zero-order valence-corrected chi connectivity index (χ0v) is 24.4. The van der Waals surface area contributed by atoms with Crippen molar-refractivity contribution in [1.82, 2.24) is 10.3 Å². The Morgan fingerprint density at radius 1 is 0.756 bits per heavy atom. The third kappa shape index (κ3) is 4.28. The van der Waals surface area contributed by atoms with Gasteiger partial charge in [-0.25, -0.2) is 0 Å². The van der Waals surface area contributed by atoms with E-state index in [1.54, 1.807) is 0 Å². The minimum absolute atomic E-state index is 0.0514. The first kappa shape index (κ1) is 25.8. The Balaban J connectivity index is 1.41. The highest BCUT2D eigenvalue weighted by atomic mass is 15.0. The highest BCUT2D eigenvalue weighted by Gasteiger charge is 2.59. The fourth-order valence-corrected chi connectivity index (χ4v) is 7.21. The lowest BCUT2D eigenvalue weighted by Gasteiger charge is -2.35.